The van der Waals surface area contributed by atoms with Gasteiger partial charge >= 0.3 is 0 Å². The van der Waals surface area contributed by atoms with Gasteiger partial charge in [-0.25, -0.2) is 0 Å². The highest BCUT2D eigenvalue weighted by Crippen LogP contribution is 2.27. The molecule has 2 nitrogen and oxygen atoms in total. The van der Waals surface area contributed by atoms with Crippen LogP contribution in [0.4, 0.5) is 0 Å². The van der Waals surface area contributed by atoms with Crippen LogP contribution < -0.4 is 0 Å². The van der Waals surface area contributed by atoms with Gasteiger partial charge in [-0.2, -0.15) is 0 Å². The molecule has 0 aliphatic heterocycles. The largest absolute Gasteiger partial charge is 0.506 e. The minimum atomic E-state index is 0.113. The number of hydrogen-bond donors (Lipinski definition) is 1. The van der Waals surface area contributed by atoms with E-state index in [1.807, 2.05) is 32.0 Å². The minimum absolute atomic E-state index is 0.113. The van der Waals surface area contributed by atoms with Crippen LogP contribution in [0.3, 0.4) is 0 Å². The summed E-state index contributed by atoms with van der Waals surface area (Å²) in [5.41, 5.74) is 3.19. The quantitative estimate of drug-likeness (QED) is 0.784. The van der Waals surface area contributed by atoms with Crippen molar-refractivity contribution in [3.63, 3.8) is 0 Å². The Labute approximate surface area is 93.7 Å². The molecule has 0 aliphatic carbocycles. The van der Waals surface area contributed by atoms with Crippen molar-refractivity contribution in [2.24, 2.45) is 0 Å². The Morgan fingerprint density at radius 3 is 2.20 bits per heavy atom. The van der Waals surface area contributed by atoms with Crippen molar-refractivity contribution in [3.8, 4) is 11.4 Å². The number of hydrogen-bond acceptors (Lipinski definition) is 1. The molecule has 0 spiro atoms. The zero-order chi connectivity index (χ0) is 11.0. The normalized spacial score (nSPS) is 10.6. The van der Waals surface area contributed by atoms with Gasteiger partial charge in [0, 0.05) is 23.1 Å². The molecule has 0 radical (unpaired) electrons. The van der Waals surface area contributed by atoms with Gasteiger partial charge in [-0.3, -0.25) is 0 Å². The van der Waals surface area contributed by atoms with E-state index in [0.717, 1.165) is 17.1 Å². The lowest BCUT2D eigenvalue weighted by atomic mass is 10.3. The van der Waals surface area contributed by atoms with Gasteiger partial charge in [0.2, 0.25) is 0 Å². The molecule has 0 bridgehead atoms. The van der Waals surface area contributed by atoms with Gasteiger partial charge in [-0.1, -0.05) is 11.6 Å². The van der Waals surface area contributed by atoms with E-state index in [-0.39, 0.29) is 5.75 Å². The molecule has 2 rings (SSSR count). The van der Waals surface area contributed by atoms with Gasteiger partial charge in [0.25, 0.3) is 0 Å². The van der Waals surface area contributed by atoms with Gasteiger partial charge in [-0.05, 0) is 38.1 Å². The van der Waals surface area contributed by atoms with Crippen LogP contribution in [0, 0.1) is 13.8 Å². The average molecular weight is 222 g/mol. The Hall–Kier alpha value is -1.41. The molecule has 0 fully saturated rings. The third-order valence-corrected chi connectivity index (χ3v) is 2.78. The first-order valence-electron chi connectivity index (χ1n) is 4.73. The first-order chi connectivity index (χ1) is 7.09. The predicted octanol–water partition coefficient (Wildman–Crippen LogP) is 3.45. The van der Waals surface area contributed by atoms with Crippen molar-refractivity contribution in [1.82, 2.24) is 4.57 Å². The highest BCUT2D eigenvalue weighted by Gasteiger charge is 2.06. The second-order valence-corrected chi connectivity index (χ2v) is 3.99. The molecular formula is C12H12ClNO. The first kappa shape index (κ1) is 10.1. The van der Waals surface area contributed by atoms with Crippen LogP contribution in [-0.4, -0.2) is 9.67 Å². The molecule has 78 valence electrons. The molecule has 1 aromatic heterocycles. The fourth-order valence-corrected chi connectivity index (χ4v) is 1.83. The van der Waals surface area contributed by atoms with Crippen molar-refractivity contribution in [3.05, 3.63) is 46.7 Å². The van der Waals surface area contributed by atoms with E-state index >= 15 is 0 Å². The van der Waals surface area contributed by atoms with Crippen molar-refractivity contribution in [2.75, 3.05) is 0 Å². The first-order valence-corrected chi connectivity index (χ1v) is 5.11. The number of phenolic OH excluding ortho intramolecular Hbond substituents is 1. The van der Waals surface area contributed by atoms with Crippen LogP contribution >= 0.6 is 11.6 Å². The number of benzene rings is 1. The summed E-state index contributed by atoms with van der Waals surface area (Å²) < 4.78 is 2.07. The SMILES string of the molecule is Cc1ccc(C)n1-c1ccc(Cl)c(O)c1. The molecule has 3 heteroatoms. The summed E-state index contributed by atoms with van der Waals surface area (Å²) in [6.07, 6.45) is 0. The lowest BCUT2D eigenvalue weighted by molar-refractivity contribution is 0.475. The van der Waals surface area contributed by atoms with Crippen LogP contribution in [0.2, 0.25) is 5.02 Å². The number of phenols is 1. The number of halogens is 1. The molecule has 0 aliphatic rings. The molecule has 1 N–H and O–H groups in total. The number of aromatic nitrogens is 1. The van der Waals surface area contributed by atoms with Crippen LogP contribution in [0.1, 0.15) is 11.4 Å². The minimum Gasteiger partial charge on any atom is -0.506 e. The Morgan fingerprint density at radius 2 is 1.67 bits per heavy atom. The molecule has 1 heterocycles. The monoisotopic (exact) mass is 221 g/mol. The lowest BCUT2D eigenvalue weighted by Crippen LogP contribution is -1.98. The average Bonchev–Trinajstić information content (AvgIpc) is 2.52. The highest BCUT2D eigenvalue weighted by molar-refractivity contribution is 6.32. The zero-order valence-corrected chi connectivity index (χ0v) is 9.42. The molecular weight excluding hydrogens is 210 g/mol. The van der Waals surface area contributed by atoms with Crippen LogP contribution in [-0.2, 0) is 0 Å². The van der Waals surface area contributed by atoms with E-state index in [9.17, 15) is 5.11 Å². The van der Waals surface area contributed by atoms with Crippen LogP contribution in [0.25, 0.3) is 5.69 Å². The van der Waals surface area contributed by atoms with Gasteiger partial charge in [0.15, 0.2) is 0 Å². The summed E-state index contributed by atoms with van der Waals surface area (Å²) in [7, 11) is 0. The summed E-state index contributed by atoms with van der Waals surface area (Å²) in [6.45, 7) is 4.05. The fourth-order valence-electron chi connectivity index (χ4n) is 1.72. The van der Waals surface area contributed by atoms with Crippen molar-refractivity contribution >= 4 is 11.6 Å². The van der Waals surface area contributed by atoms with Gasteiger partial charge in [-0.15, -0.1) is 0 Å². The smallest absolute Gasteiger partial charge is 0.136 e. The Balaban J connectivity index is 2.59. The zero-order valence-electron chi connectivity index (χ0n) is 8.66. The number of aryl methyl sites for hydroxylation is 2. The van der Waals surface area contributed by atoms with E-state index in [0.29, 0.717) is 5.02 Å². The maximum atomic E-state index is 9.54. The molecule has 1 aromatic carbocycles. The maximum absolute atomic E-state index is 9.54. The topological polar surface area (TPSA) is 25.2 Å². The third kappa shape index (κ3) is 1.73. The van der Waals surface area contributed by atoms with Gasteiger partial charge in [0.1, 0.15) is 5.75 Å². The molecule has 0 saturated carbocycles. The number of nitrogens with zero attached hydrogens (tertiary/aromatic N) is 1. The van der Waals surface area contributed by atoms with Crippen molar-refractivity contribution < 1.29 is 5.11 Å². The van der Waals surface area contributed by atoms with E-state index in [2.05, 4.69) is 4.57 Å². The van der Waals surface area contributed by atoms with E-state index < -0.39 is 0 Å². The number of rotatable bonds is 1. The summed E-state index contributed by atoms with van der Waals surface area (Å²) in [5, 5.41) is 9.91. The standard InChI is InChI=1S/C12H12ClNO/c1-8-3-4-9(2)14(8)10-5-6-11(13)12(15)7-10/h3-7,15H,1-2H3. The van der Waals surface area contributed by atoms with Gasteiger partial charge < -0.3 is 9.67 Å². The Morgan fingerprint density at radius 1 is 1.07 bits per heavy atom. The van der Waals surface area contributed by atoms with Crippen LogP contribution in [0.15, 0.2) is 30.3 Å². The van der Waals surface area contributed by atoms with E-state index in [1.54, 1.807) is 12.1 Å². The molecule has 0 saturated heterocycles. The Bertz CT molecular complexity index is 483. The predicted molar refractivity (Wildman–Crippen MR) is 61.9 cm³/mol. The lowest BCUT2D eigenvalue weighted by Gasteiger charge is -2.10. The molecule has 2 aromatic rings. The summed E-state index contributed by atoms with van der Waals surface area (Å²) in [5.74, 6) is 0.113. The van der Waals surface area contributed by atoms with Gasteiger partial charge in [0.05, 0.1) is 5.02 Å². The molecule has 0 amide bonds. The van der Waals surface area contributed by atoms with E-state index in [4.69, 9.17) is 11.6 Å². The maximum Gasteiger partial charge on any atom is 0.136 e. The molecule has 0 unspecified atom stereocenters. The second kappa shape index (κ2) is 3.63. The summed E-state index contributed by atoms with van der Waals surface area (Å²) >= 11 is 5.76. The molecule has 15 heavy (non-hydrogen) atoms. The summed E-state index contributed by atoms with van der Waals surface area (Å²) in [6, 6.07) is 9.34. The van der Waals surface area contributed by atoms with E-state index in [1.165, 1.54) is 0 Å². The highest BCUT2D eigenvalue weighted by atomic mass is 35.5. The number of aromatic hydroxyl groups is 1. The van der Waals surface area contributed by atoms with Crippen LogP contribution in [0.5, 0.6) is 5.75 Å². The van der Waals surface area contributed by atoms with Crippen molar-refractivity contribution in [2.45, 2.75) is 13.8 Å². The Kier molecular flexibility index (Phi) is 2.45. The fraction of sp³-hybridized carbons (Fsp3) is 0.167. The summed E-state index contributed by atoms with van der Waals surface area (Å²) in [4.78, 5) is 0. The third-order valence-electron chi connectivity index (χ3n) is 2.46. The second-order valence-electron chi connectivity index (χ2n) is 3.59. The van der Waals surface area contributed by atoms with Crippen molar-refractivity contribution in [1.29, 1.82) is 0 Å². The molecule has 0 atom stereocenters.